The van der Waals surface area contributed by atoms with Gasteiger partial charge in [-0.3, -0.25) is 0 Å². The van der Waals surface area contributed by atoms with E-state index >= 15 is 0 Å². The Hall–Kier alpha value is 1.02. The fourth-order valence-corrected chi connectivity index (χ4v) is 7.95. The zero-order chi connectivity index (χ0) is 10.6. The summed E-state index contributed by atoms with van der Waals surface area (Å²) in [6.07, 6.45) is 11.3. The van der Waals surface area contributed by atoms with Crippen LogP contribution in [0, 0.1) is 0 Å². The SMILES string of the molecule is CCCCC[CH2][Sn](=[S])[CH2]CCCCC. The molecule has 0 saturated carbocycles. The van der Waals surface area contributed by atoms with Gasteiger partial charge in [0.15, 0.2) is 0 Å². The standard InChI is InChI=1S/2C6H13.S.Sn/c2*1-3-5-6-4-2;;/h2*1,3-6H2,2H3;;. The molecule has 0 rings (SSSR count). The van der Waals surface area contributed by atoms with E-state index in [0.29, 0.717) is 0 Å². The van der Waals surface area contributed by atoms with Crippen LogP contribution in [-0.2, 0) is 0 Å². The third kappa shape index (κ3) is 11.1. The van der Waals surface area contributed by atoms with E-state index in [9.17, 15) is 0 Å². The number of hydrogen-bond acceptors (Lipinski definition) is 1. The molecule has 0 spiro atoms. The first-order chi connectivity index (χ1) is 6.81. The molecule has 0 radical (unpaired) electrons. The maximum atomic E-state index is 5.63. The van der Waals surface area contributed by atoms with Gasteiger partial charge in [0.1, 0.15) is 0 Å². The van der Waals surface area contributed by atoms with Crippen molar-refractivity contribution in [3.8, 4) is 0 Å². The predicted octanol–water partition coefficient (Wildman–Crippen LogP) is 5.34. The Balaban J connectivity index is 3.11. The summed E-state index contributed by atoms with van der Waals surface area (Å²) in [4.78, 5) is 0. The first-order valence-electron chi connectivity index (χ1n) is 6.33. The van der Waals surface area contributed by atoms with Crippen molar-refractivity contribution in [1.29, 1.82) is 0 Å². The first-order valence-corrected chi connectivity index (χ1v) is 14.3. The van der Waals surface area contributed by atoms with E-state index in [0.717, 1.165) is 0 Å². The van der Waals surface area contributed by atoms with Crippen LogP contribution in [0.4, 0.5) is 0 Å². The quantitative estimate of drug-likeness (QED) is 0.387. The Morgan fingerprint density at radius 2 is 1.14 bits per heavy atom. The predicted molar refractivity (Wildman–Crippen MR) is 71.2 cm³/mol. The Kier molecular flexibility index (Phi) is 13.0. The molecule has 0 amide bonds. The van der Waals surface area contributed by atoms with Crippen LogP contribution in [0.3, 0.4) is 0 Å². The molecule has 0 aromatic rings. The van der Waals surface area contributed by atoms with E-state index in [-0.39, 0.29) is 0 Å². The van der Waals surface area contributed by atoms with Crippen molar-refractivity contribution >= 4 is 27.1 Å². The molecule has 0 bridgehead atoms. The van der Waals surface area contributed by atoms with Gasteiger partial charge in [-0.05, 0) is 0 Å². The van der Waals surface area contributed by atoms with Crippen LogP contribution < -0.4 is 0 Å². The summed E-state index contributed by atoms with van der Waals surface area (Å²) in [6, 6.07) is 0. The van der Waals surface area contributed by atoms with Crippen LogP contribution in [-0.4, -0.2) is 17.8 Å². The van der Waals surface area contributed by atoms with Crippen molar-refractivity contribution in [3.63, 3.8) is 0 Å². The molecule has 84 valence electrons. The molecule has 0 atom stereocenters. The van der Waals surface area contributed by atoms with Crippen molar-refractivity contribution in [2.45, 2.75) is 74.1 Å². The van der Waals surface area contributed by atoms with Gasteiger partial charge >= 0.3 is 101 Å². The molecule has 0 N–H and O–H groups in total. The van der Waals surface area contributed by atoms with Crippen LogP contribution >= 0.6 is 9.29 Å². The van der Waals surface area contributed by atoms with Crippen LogP contribution in [0.15, 0.2) is 0 Å². The molecule has 0 nitrogen and oxygen atoms in total. The fourth-order valence-electron chi connectivity index (χ4n) is 1.62. The summed E-state index contributed by atoms with van der Waals surface area (Å²) >= 11 is -1.23. The Labute approximate surface area is 101 Å². The van der Waals surface area contributed by atoms with Gasteiger partial charge in [0.05, 0.1) is 0 Å². The van der Waals surface area contributed by atoms with Gasteiger partial charge in [0.25, 0.3) is 0 Å². The monoisotopic (exact) mass is 322 g/mol. The van der Waals surface area contributed by atoms with E-state index in [1.807, 2.05) is 0 Å². The Bertz CT molecular complexity index is 120. The fraction of sp³-hybridized carbons (Fsp3) is 1.00. The molecule has 0 saturated heterocycles. The van der Waals surface area contributed by atoms with E-state index in [4.69, 9.17) is 9.29 Å². The molecule has 0 unspecified atom stereocenters. The van der Waals surface area contributed by atoms with E-state index in [1.165, 1.54) is 60.2 Å². The van der Waals surface area contributed by atoms with Crippen molar-refractivity contribution in [2.75, 3.05) is 0 Å². The molecule has 0 aromatic heterocycles. The molecular weight excluding hydrogens is 295 g/mol. The summed E-state index contributed by atoms with van der Waals surface area (Å²) in [5.41, 5.74) is 0. The second kappa shape index (κ2) is 12.1. The van der Waals surface area contributed by atoms with Crippen molar-refractivity contribution in [2.24, 2.45) is 0 Å². The summed E-state index contributed by atoms with van der Waals surface area (Å²) < 4.78 is 2.95. The van der Waals surface area contributed by atoms with Gasteiger partial charge < -0.3 is 0 Å². The van der Waals surface area contributed by atoms with Crippen LogP contribution in [0.2, 0.25) is 8.87 Å². The normalized spacial score (nSPS) is 10.4. The van der Waals surface area contributed by atoms with Crippen LogP contribution in [0.1, 0.15) is 65.2 Å². The molecule has 0 fully saturated rings. The van der Waals surface area contributed by atoms with E-state index in [2.05, 4.69) is 13.8 Å². The average molecular weight is 321 g/mol. The third-order valence-electron chi connectivity index (χ3n) is 2.62. The second-order valence-corrected chi connectivity index (χ2v) is 14.0. The molecule has 0 aliphatic carbocycles. The Morgan fingerprint density at radius 1 is 0.714 bits per heavy atom. The molecular formula is C12H26SSn. The zero-order valence-corrected chi connectivity index (χ0v) is 13.6. The van der Waals surface area contributed by atoms with Crippen molar-refractivity contribution in [1.82, 2.24) is 0 Å². The second-order valence-electron chi connectivity index (χ2n) is 4.16. The third-order valence-corrected chi connectivity index (χ3v) is 10.6. The first kappa shape index (κ1) is 15.0. The molecule has 0 heterocycles. The van der Waals surface area contributed by atoms with Crippen molar-refractivity contribution in [3.05, 3.63) is 0 Å². The topological polar surface area (TPSA) is 0 Å². The van der Waals surface area contributed by atoms with Gasteiger partial charge in [0.2, 0.25) is 0 Å². The van der Waals surface area contributed by atoms with Gasteiger partial charge in [-0.1, -0.05) is 0 Å². The van der Waals surface area contributed by atoms with Gasteiger partial charge in [-0.25, -0.2) is 0 Å². The van der Waals surface area contributed by atoms with Crippen LogP contribution in [0.25, 0.3) is 0 Å². The van der Waals surface area contributed by atoms with E-state index < -0.39 is 17.8 Å². The summed E-state index contributed by atoms with van der Waals surface area (Å²) in [5.74, 6) is 0. The van der Waals surface area contributed by atoms with Gasteiger partial charge in [-0.15, -0.1) is 0 Å². The summed E-state index contributed by atoms with van der Waals surface area (Å²) in [7, 11) is 5.63. The minimum absolute atomic E-state index is 1.23. The Morgan fingerprint density at radius 3 is 1.50 bits per heavy atom. The maximum absolute atomic E-state index is 5.63. The molecule has 0 aliphatic rings. The van der Waals surface area contributed by atoms with Gasteiger partial charge in [-0.2, -0.15) is 0 Å². The average Bonchev–Trinajstić information content (AvgIpc) is 2.19. The molecule has 14 heavy (non-hydrogen) atoms. The van der Waals surface area contributed by atoms with Gasteiger partial charge in [0, 0.05) is 0 Å². The zero-order valence-electron chi connectivity index (χ0n) is 9.98. The number of rotatable bonds is 10. The van der Waals surface area contributed by atoms with E-state index in [1.54, 1.807) is 0 Å². The number of hydrogen-bond donors (Lipinski definition) is 0. The van der Waals surface area contributed by atoms with Crippen molar-refractivity contribution < 1.29 is 0 Å². The molecule has 0 aromatic carbocycles. The number of unbranched alkanes of at least 4 members (excludes halogenated alkanes) is 6. The van der Waals surface area contributed by atoms with Crippen LogP contribution in [0.5, 0.6) is 0 Å². The summed E-state index contributed by atoms with van der Waals surface area (Å²) in [6.45, 7) is 4.55. The minimum atomic E-state index is -1.23. The molecule has 0 aliphatic heterocycles. The summed E-state index contributed by atoms with van der Waals surface area (Å²) in [5, 5.41) is 0. The molecule has 2 heteroatoms.